The molecular weight excluding hydrogens is 348 g/mol. The Labute approximate surface area is 168 Å². The summed E-state index contributed by atoms with van der Waals surface area (Å²) in [5.74, 6) is 0. The molecule has 2 aliphatic rings. The standard InChI is InChI=1S/2C11H17N3/c12-9-5-4-6-10(13)11(9)14-7-2-1-3-8-14;12-9-4-5-10(13)11(8-9)14-6-2-1-3-7-14/h4-6H,1-3,7-8,12-13H2;4-5,8H,1-3,6-7,12-13H2. The quantitative estimate of drug-likeness (QED) is 0.590. The fourth-order valence-electron chi connectivity index (χ4n) is 4.03. The van der Waals surface area contributed by atoms with Gasteiger partial charge in [0.1, 0.15) is 0 Å². The van der Waals surface area contributed by atoms with Crippen molar-refractivity contribution in [3.05, 3.63) is 36.4 Å². The molecule has 2 saturated heterocycles. The van der Waals surface area contributed by atoms with Crippen LogP contribution in [0.3, 0.4) is 0 Å². The van der Waals surface area contributed by atoms with Crippen molar-refractivity contribution in [3.63, 3.8) is 0 Å². The third-order valence-corrected chi connectivity index (χ3v) is 5.52. The molecule has 152 valence electrons. The fraction of sp³-hybridized carbons (Fsp3) is 0.455. The van der Waals surface area contributed by atoms with Crippen molar-refractivity contribution in [2.24, 2.45) is 0 Å². The molecule has 6 heteroatoms. The van der Waals surface area contributed by atoms with E-state index in [1.807, 2.05) is 36.4 Å². The molecule has 2 aromatic rings. The van der Waals surface area contributed by atoms with Crippen molar-refractivity contribution in [1.82, 2.24) is 0 Å². The second kappa shape index (κ2) is 9.44. The minimum Gasteiger partial charge on any atom is -0.399 e. The van der Waals surface area contributed by atoms with Gasteiger partial charge in [-0.2, -0.15) is 0 Å². The van der Waals surface area contributed by atoms with E-state index in [0.717, 1.165) is 60.3 Å². The van der Waals surface area contributed by atoms with E-state index >= 15 is 0 Å². The van der Waals surface area contributed by atoms with Gasteiger partial charge < -0.3 is 32.7 Å². The molecule has 6 nitrogen and oxygen atoms in total. The van der Waals surface area contributed by atoms with Crippen molar-refractivity contribution < 1.29 is 0 Å². The number of nitrogen functional groups attached to an aromatic ring is 4. The maximum Gasteiger partial charge on any atom is 0.0833 e. The van der Waals surface area contributed by atoms with E-state index in [2.05, 4.69) is 9.80 Å². The number of piperidine rings is 2. The molecule has 0 aromatic heterocycles. The maximum atomic E-state index is 5.93. The Morgan fingerprint density at radius 3 is 1.68 bits per heavy atom. The highest BCUT2D eigenvalue weighted by molar-refractivity contribution is 5.80. The molecule has 2 aliphatic heterocycles. The molecule has 8 N–H and O–H groups in total. The second-order valence-electron chi connectivity index (χ2n) is 7.70. The molecule has 0 bridgehead atoms. The third kappa shape index (κ3) is 4.94. The van der Waals surface area contributed by atoms with Gasteiger partial charge in [-0.1, -0.05) is 6.07 Å². The summed E-state index contributed by atoms with van der Waals surface area (Å²) in [5.41, 5.74) is 28.9. The van der Waals surface area contributed by atoms with E-state index in [9.17, 15) is 0 Å². The zero-order chi connectivity index (χ0) is 19.9. The maximum absolute atomic E-state index is 5.93. The Balaban J connectivity index is 0.000000161. The van der Waals surface area contributed by atoms with E-state index in [1.165, 1.54) is 38.5 Å². The van der Waals surface area contributed by atoms with Crippen molar-refractivity contribution in [2.75, 3.05) is 58.9 Å². The number of nitrogens with zero attached hydrogens (tertiary/aromatic N) is 2. The highest BCUT2D eigenvalue weighted by atomic mass is 15.2. The minimum atomic E-state index is 0.791. The Morgan fingerprint density at radius 1 is 0.571 bits per heavy atom. The molecule has 0 radical (unpaired) electrons. The smallest absolute Gasteiger partial charge is 0.0833 e. The number of para-hydroxylation sites is 1. The first kappa shape index (κ1) is 20.0. The lowest BCUT2D eigenvalue weighted by Crippen LogP contribution is -2.30. The minimum absolute atomic E-state index is 0.791. The highest BCUT2D eigenvalue weighted by Crippen LogP contribution is 2.32. The summed E-state index contributed by atoms with van der Waals surface area (Å²) in [5, 5.41) is 0. The van der Waals surface area contributed by atoms with Crippen LogP contribution in [0.2, 0.25) is 0 Å². The molecule has 0 unspecified atom stereocenters. The number of anilines is 6. The fourth-order valence-corrected chi connectivity index (χ4v) is 4.03. The first-order chi connectivity index (χ1) is 13.6. The molecule has 4 rings (SSSR count). The first-order valence-corrected chi connectivity index (χ1v) is 10.3. The van der Waals surface area contributed by atoms with E-state index in [0.29, 0.717) is 0 Å². The van der Waals surface area contributed by atoms with Gasteiger partial charge in [0.2, 0.25) is 0 Å². The summed E-state index contributed by atoms with van der Waals surface area (Å²) in [7, 11) is 0. The molecule has 2 fully saturated rings. The lowest BCUT2D eigenvalue weighted by molar-refractivity contribution is 0.578. The van der Waals surface area contributed by atoms with Gasteiger partial charge in [-0.05, 0) is 68.9 Å². The highest BCUT2D eigenvalue weighted by Gasteiger charge is 2.15. The first-order valence-electron chi connectivity index (χ1n) is 10.3. The Morgan fingerprint density at radius 2 is 1.11 bits per heavy atom. The van der Waals surface area contributed by atoms with Gasteiger partial charge in [-0.3, -0.25) is 0 Å². The van der Waals surface area contributed by atoms with Gasteiger partial charge in [0.25, 0.3) is 0 Å². The van der Waals surface area contributed by atoms with Crippen LogP contribution in [-0.2, 0) is 0 Å². The van der Waals surface area contributed by atoms with Gasteiger partial charge in [0, 0.05) is 31.9 Å². The molecule has 0 saturated carbocycles. The lowest BCUT2D eigenvalue weighted by atomic mass is 10.1. The normalized spacial score (nSPS) is 17.0. The topological polar surface area (TPSA) is 111 Å². The van der Waals surface area contributed by atoms with E-state index in [1.54, 1.807) is 0 Å². The average molecular weight is 383 g/mol. The van der Waals surface area contributed by atoms with Crippen LogP contribution in [0.15, 0.2) is 36.4 Å². The largest absolute Gasteiger partial charge is 0.399 e. The van der Waals surface area contributed by atoms with Crippen LogP contribution in [-0.4, -0.2) is 26.2 Å². The van der Waals surface area contributed by atoms with E-state index in [-0.39, 0.29) is 0 Å². The van der Waals surface area contributed by atoms with E-state index < -0.39 is 0 Å². The van der Waals surface area contributed by atoms with E-state index in [4.69, 9.17) is 22.9 Å². The van der Waals surface area contributed by atoms with Crippen LogP contribution in [0.25, 0.3) is 0 Å². The van der Waals surface area contributed by atoms with Crippen molar-refractivity contribution in [1.29, 1.82) is 0 Å². The summed E-state index contributed by atoms with van der Waals surface area (Å²) in [6.07, 6.45) is 7.66. The number of benzene rings is 2. The van der Waals surface area contributed by atoms with Gasteiger partial charge in [-0.25, -0.2) is 0 Å². The number of rotatable bonds is 2. The molecule has 2 aromatic carbocycles. The average Bonchev–Trinajstić information content (AvgIpc) is 2.72. The van der Waals surface area contributed by atoms with Gasteiger partial charge in [-0.15, -0.1) is 0 Å². The van der Waals surface area contributed by atoms with Crippen molar-refractivity contribution >= 4 is 34.1 Å². The molecule has 0 aliphatic carbocycles. The van der Waals surface area contributed by atoms with Gasteiger partial charge in [0.15, 0.2) is 0 Å². The van der Waals surface area contributed by atoms with Crippen LogP contribution in [0.4, 0.5) is 34.1 Å². The third-order valence-electron chi connectivity index (χ3n) is 5.52. The molecule has 28 heavy (non-hydrogen) atoms. The summed E-state index contributed by atoms with van der Waals surface area (Å²) in [6.45, 7) is 4.37. The Bertz CT molecular complexity index is 743. The molecule has 0 amide bonds. The summed E-state index contributed by atoms with van der Waals surface area (Å²) < 4.78 is 0. The van der Waals surface area contributed by atoms with Crippen molar-refractivity contribution in [3.8, 4) is 0 Å². The molecule has 0 atom stereocenters. The Kier molecular flexibility index (Phi) is 6.74. The zero-order valence-corrected chi connectivity index (χ0v) is 16.7. The lowest BCUT2D eigenvalue weighted by Gasteiger charge is -2.30. The summed E-state index contributed by atoms with van der Waals surface area (Å²) >= 11 is 0. The molecule has 0 spiro atoms. The number of nitrogens with two attached hydrogens (primary N) is 4. The Hall–Kier alpha value is -2.76. The van der Waals surface area contributed by atoms with Gasteiger partial charge >= 0.3 is 0 Å². The monoisotopic (exact) mass is 382 g/mol. The predicted octanol–water partition coefficient (Wildman–Crippen LogP) is 3.68. The molecule has 2 heterocycles. The van der Waals surface area contributed by atoms with Crippen LogP contribution in [0, 0.1) is 0 Å². The summed E-state index contributed by atoms with van der Waals surface area (Å²) in [6, 6.07) is 11.4. The molecular formula is C22H34N6. The predicted molar refractivity (Wildman–Crippen MR) is 123 cm³/mol. The van der Waals surface area contributed by atoms with Crippen LogP contribution < -0.4 is 32.7 Å². The van der Waals surface area contributed by atoms with Crippen LogP contribution in [0.5, 0.6) is 0 Å². The number of hydrogen-bond acceptors (Lipinski definition) is 6. The second-order valence-corrected chi connectivity index (χ2v) is 7.70. The van der Waals surface area contributed by atoms with Crippen LogP contribution in [0.1, 0.15) is 38.5 Å². The SMILES string of the molecule is Nc1ccc(N)c(N2CCCCC2)c1.Nc1cccc(N)c1N1CCCCC1. The van der Waals surface area contributed by atoms with Crippen molar-refractivity contribution in [2.45, 2.75) is 38.5 Å². The zero-order valence-electron chi connectivity index (χ0n) is 16.7. The number of hydrogen-bond donors (Lipinski definition) is 4. The van der Waals surface area contributed by atoms with Crippen LogP contribution >= 0.6 is 0 Å². The van der Waals surface area contributed by atoms with Gasteiger partial charge in [0.05, 0.1) is 28.4 Å². The summed E-state index contributed by atoms with van der Waals surface area (Å²) in [4.78, 5) is 4.63.